The molecule has 0 heterocycles. The molecule has 0 saturated heterocycles. The van der Waals surface area contributed by atoms with E-state index >= 15 is 0 Å². The lowest BCUT2D eigenvalue weighted by atomic mass is 9.98. The zero-order valence-electron chi connectivity index (χ0n) is 11.4. The summed E-state index contributed by atoms with van der Waals surface area (Å²) in [6.07, 6.45) is 0. The molecule has 0 aliphatic rings. The van der Waals surface area contributed by atoms with Crippen LogP contribution in [0.4, 0.5) is 5.69 Å². The number of nitrogen functional groups attached to an aromatic ring is 1. The maximum absolute atomic E-state index is 12.5. The molecule has 2 aromatic rings. The summed E-state index contributed by atoms with van der Waals surface area (Å²) < 4.78 is 5.14. The van der Waals surface area contributed by atoms with Crippen LogP contribution in [0.1, 0.15) is 27.0 Å². The SMILES string of the molecule is COc1ccc(N)c(C(=O)c2cc(C)cc(C)c2)c1. The Morgan fingerprint density at radius 3 is 2.26 bits per heavy atom. The van der Waals surface area contributed by atoms with E-state index in [1.54, 1.807) is 25.3 Å². The van der Waals surface area contributed by atoms with Crippen LogP contribution in [0.15, 0.2) is 36.4 Å². The average Bonchev–Trinajstić information content (AvgIpc) is 2.37. The number of anilines is 1. The number of benzene rings is 2. The van der Waals surface area contributed by atoms with E-state index in [1.807, 2.05) is 32.0 Å². The molecule has 3 nitrogen and oxygen atoms in total. The van der Waals surface area contributed by atoms with Crippen molar-refractivity contribution in [1.82, 2.24) is 0 Å². The Kier molecular flexibility index (Phi) is 3.56. The zero-order chi connectivity index (χ0) is 14.0. The molecule has 0 aromatic heterocycles. The molecule has 2 N–H and O–H groups in total. The third kappa shape index (κ3) is 2.76. The fraction of sp³-hybridized carbons (Fsp3) is 0.188. The van der Waals surface area contributed by atoms with E-state index in [1.165, 1.54) is 0 Å². The van der Waals surface area contributed by atoms with Crippen LogP contribution in [-0.2, 0) is 0 Å². The highest BCUT2D eigenvalue weighted by molar-refractivity contribution is 6.12. The number of hydrogen-bond donors (Lipinski definition) is 1. The molecule has 3 heteroatoms. The number of methoxy groups -OCH3 is 1. The highest BCUT2D eigenvalue weighted by atomic mass is 16.5. The van der Waals surface area contributed by atoms with Gasteiger partial charge in [-0.05, 0) is 44.2 Å². The number of ketones is 1. The largest absolute Gasteiger partial charge is 0.497 e. The van der Waals surface area contributed by atoms with E-state index in [0.717, 1.165) is 11.1 Å². The van der Waals surface area contributed by atoms with E-state index in [2.05, 4.69) is 0 Å². The number of hydrogen-bond acceptors (Lipinski definition) is 3. The summed E-state index contributed by atoms with van der Waals surface area (Å²) in [4.78, 5) is 12.5. The van der Waals surface area contributed by atoms with Gasteiger partial charge in [-0.15, -0.1) is 0 Å². The third-order valence-electron chi connectivity index (χ3n) is 2.99. The third-order valence-corrected chi connectivity index (χ3v) is 2.99. The summed E-state index contributed by atoms with van der Waals surface area (Å²) >= 11 is 0. The van der Waals surface area contributed by atoms with Crippen LogP contribution in [0.5, 0.6) is 5.75 Å². The van der Waals surface area contributed by atoms with Gasteiger partial charge in [0.15, 0.2) is 5.78 Å². The van der Waals surface area contributed by atoms with Gasteiger partial charge in [0, 0.05) is 16.8 Å². The van der Waals surface area contributed by atoms with E-state index < -0.39 is 0 Å². The molecule has 0 unspecified atom stereocenters. The summed E-state index contributed by atoms with van der Waals surface area (Å²) in [7, 11) is 1.57. The molecule has 19 heavy (non-hydrogen) atoms. The molecule has 0 atom stereocenters. The van der Waals surface area contributed by atoms with E-state index in [4.69, 9.17) is 10.5 Å². The highest BCUT2D eigenvalue weighted by Gasteiger charge is 2.14. The lowest BCUT2D eigenvalue weighted by Crippen LogP contribution is -2.06. The minimum Gasteiger partial charge on any atom is -0.497 e. The number of aryl methyl sites for hydroxylation is 2. The molecular formula is C16H17NO2. The lowest BCUT2D eigenvalue weighted by molar-refractivity contribution is 0.103. The summed E-state index contributed by atoms with van der Waals surface area (Å²) in [6.45, 7) is 3.94. The Morgan fingerprint density at radius 1 is 1.05 bits per heavy atom. The van der Waals surface area contributed by atoms with Crippen molar-refractivity contribution in [1.29, 1.82) is 0 Å². The van der Waals surface area contributed by atoms with Gasteiger partial charge in [-0.25, -0.2) is 0 Å². The molecule has 0 fully saturated rings. The fourth-order valence-corrected chi connectivity index (χ4v) is 2.12. The van der Waals surface area contributed by atoms with E-state index in [0.29, 0.717) is 22.6 Å². The first kappa shape index (κ1) is 13.1. The standard InChI is InChI=1S/C16H17NO2/c1-10-6-11(2)8-12(7-10)16(18)14-9-13(19-3)4-5-15(14)17/h4-9H,17H2,1-3H3. The molecule has 0 radical (unpaired) electrons. The van der Waals surface area contributed by atoms with Crippen molar-refractivity contribution in [2.75, 3.05) is 12.8 Å². The first-order valence-corrected chi connectivity index (χ1v) is 6.08. The van der Waals surface area contributed by atoms with Crippen molar-refractivity contribution in [2.45, 2.75) is 13.8 Å². The van der Waals surface area contributed by atoms with Crippen LogP contribution < -0.4 is 10.5 Å². The Labute approximate surface area is 113 Å². The minimum atomic E-state index is -0.0804. The zero-order valence-corrected chi connectivity index (χ0v) is 11.4. The van der Waals surface area contributed by atoms with Crippen LogP contribution in [0.3, 0.4) is 0 Å². The van der Waals surface area contributed by atoms with Crippen molar-refractivity contribution in [2.24, 2.45) is 0 Å². The molecule has 0 saturated carbocycles. The predicted molar refractivity (Wildman–Crippen MR) is 76.8 cm³/mol. The van der Waals surface area contributed by atoms with Gasteiger partial charge in [-0.1, -0.05) is 17.2 Å². The summed E-state index contributed by atoms with van der Waals surface area (Å²) in [5, 5.41) is 0. The van der Waals surface area contributed by atoms with Crippen LogP contribution in [0.25, 0.3) is 0 Å². The molecule has 0 aliphatic heterocycles. The summed E-state index contributed by atoms with van der Waals surface area (Å²) in [5.74, 6) is 0.546. The number of carbonyl (C=O) groups is 1. The van der Waals surface area contributed by atoms with Crippen molar-refractivity contribution in [3.05, 3.63) is 58.7 Å². The second-order valence-corrected chi connectivity index (χ2v) is 4.66. The number of nitrogens with two attached hydrogens (primary N) is 1. The van der Waals surface area contributed by atoms with Gasteiger partial charge in [-0.2, -0.15) is 0 Å². The van der Waals surface area contributed by atoms with Gasteiger partial charge in [0.25, 0.3) is 0 Å². The van der Waals surface area contributed by atoms with Crippen LogP contribution in [0, 0.1) is 13.8 Å². The van der Waals surface area contributed by atoms with Crippen LogP contribution in [-0.4, -0.2) is 12.9 Å². The monoisotopic (exact) mass is 255 g/mol. The molecule has 2 rings (SSSR count). The molecule has 2 aromatic carbocycles. The topological polar surface area (TPSA) is 52.3 Å². The van der Waals surface area contributed by atoms with Crippen molar-refractivity contribution >= 4 is 11.5 Å². The number of ether oxygens (including phenoxy) is 1. The van der Waals surface area contributed by atoms with Crippen molar-refractivity contribution in [3.63, 3.8) is 0 Å². The van der Waals surface area contributed by atoms with Gasteiger partial charge in [0.05, 0.1) is 7.11 Å². The molecule has 0 bridgehead atoms. The second-order valence-electron chi connectivity index (χ2n) is 4.66. The van der Waals surface area contributed by atoms with Crippen molar-refractivity contribution in [3.8, 4) is 5.75 Å². The second kappa shape index (κ2) is 5.14. The molecule has 0 amide bonds. The maximum Gasteiger partial charge on any atom is 0.195 e. The number of carbonyl (C=O) groups excluding carboxylic acids is 1. The fourth-order valence-electron chi connectivity index (χ4n) is 2.12. The molecular weight excluding hydrogens is 238 g/mol. The lowest BCUT2D eigenvalue weighted by Gasteiger charge is -2.09. The normalized spacial score (nSPS) is 10.3. The number of rotatable bonds is 3. The smallest absolute Gasteiger partial charge is 0.195 e. The molecule has 0 spiro atoms. The van der Waals surface area contributed by atoms with Gasteiger partial charge >= 0.3 is 0 Å². The highest BCUT2D eigenvalue weighted by Crippen LogP contribution is 2.23. The Balaban J connectivity index is 2.49. The van der Waals surface area contributed by atoms with E-state index in [9.17, 15) is 4.79 Å². The minimum absolute atomic E-state index is 0.0804. The Morgan fingerprint density at radius 2 is 1.68 bits per heavy atom. The Hall–Kier alpha value is -2.29. The Bertz CT molecular complexity index is 612. The first-order chi connectivity index (χ1) is 9.01. The van der Waals surface area contributed by atoms with Crippen LogP contribution >= 0.6 is 0 Å². The summed E-state index contributed by atoms with van der Waals surface area (Å²) in [5.41, 5.74) is 9.59. The quantitative estimate of drug-likeness (QED) is 0.677. The average molecular weight is 255 g/mol. The van der Waals surface area contributed by atoms with Crippen LogP contribution in [0.2, 0.25) is 0 Å². The summed E-state index contributed by atoms with van der Waals surface area (Å²) in [6, 6.07) is 10.9. The first-order valence-electron chi connectivity index (χ1n) is 6.08. The van der Waals surface area contributed by atoms with Crippen molar-refractivity contribution < 1.29 is 9.53 Å². The maximum atomic E-state index is 12.5. The molecule has 98 valence electrons. The van der Waals surface area contributed by atoms with Gasteiger partial charge in [0.2, 0.25) is 0 Å². The van der Waals surface area contributed by atoms with Gasteiger partial charge in [-0.3, -0.25) is 4.79 Å². The van der Waals surface area contributed by atoms with Gasteiger partial charge < -0.3 is 10.5 Å². The predicted octanol–water partition coefficient (Wildman–Crippen LogP) is 3.13. The van der Waals surface area contributed by atoms with Gasteiger partial charge in [0.1, 0.15) is 5.75 Å². The van der Waals surface area contributed by atoms with E-state index in [-0.39, 0.29) is 5.78 Å². The molecule has 0 aliphatic carbocycles.